The lowest BCUT2D eigenvalue weighted by molar-refractivity contribution is 0.0138. The van der Waals surface area contributed by atoms with Crippen LogP contribution in [0.5, 0.6) is 6.01 Å². The molecule has 150 valence electrons. The molecule has 0 saturated heterocycles. The van der Waals surface area contributed by atoms with Crippen LogP contribution in [-0.2, 0) is 5.92 Å². The van der Waals surface area contributed by atoms with Crippen molar-refractivity contribution < 1.29 is 17.9 Å². The third-order valence-corrected chi connectivity index (χ3v) is 3.76. The van der Waals surface area contributed by atoms with Crippen LogP contribution in [0.15, 0.2) is 53.1 Å². The lowest BCUT2D eigenvalue weighted by Crippen LogP contribution is -2.16. The van der Waals surface area contributed by atoms with E-state index in [4.69, 9.17) is 10.6 Å². The van der Waals surface area contributed by atoms with E-state index in [1.165, 1.54) is 12.3 Å². The number of hydrogen-bond donors (Lipinski definition) is 2. The van der Waals surface area contributed by atoms with Gasteiger partial charge in [-0.2, -0.15) is 10.2 Å². The van der Waals surface area contributed by atoms with Gasteiger partial charge in [0.05, 0.1) is 23.7 Å². The van der Waals surface area contributed by atoms with Gasteiger partial charge in [0.2, 0.25) is 0 Å². The summed E-state index contributed by atoms with van der Waals surface area (Å²) in [4.78, 5) is 12.1. The molecule has 29 heavy (non-hydrogen) atoms. The van der Waals surface area contributed by atoms with Gasteiger partial charge < -0.3 is 10.6 Å². The second kappa shape index (κ2) is 8.50. The van der Waals surface area contributed by atoms with E-state index in [1.54, 1.807) is 24.8 Å². The van der Waals surface area contributed by atoms with Crippen LogP contribution < -0.4 is 10.6 Å². The Morgan fingerprint density at radius 1 is 1.24 bits per heavy atom. The van der Waals surface area contributed by atoms with Gasteiger partial charge in [0.15, 0.2) is 0 Å². The minimum absolute atomic E-state index is 0.0847. The minimum atomic E-state index is -3.33. The molecule has 1 aromatic carbocycles. The molecule has 8 nitrogen and oxygen atoms in total. The molecule has 0 fully saturated rings. The van der Waals surface area contributed by atoms with Gasteiger partial charge in [-0.1, -0.05) is 0 Å². The van der Waals surface area contributed by atoms with Gasteiger partial charge in [0.1, 0.15) is 18.1 Å². The molecule has 11 heteroatoms. The van der Waals surface area contributed by atoms with Crippen LogP contribution in [0.2, 0.25) is 0 Å². The Hall–Kier alpha value is -3.76. The van der Waals surface area contributed by atoms with Crippen molar-refractivity contribution in [3.05, 3.63) is 54.4 Å². The minimum Gasteiger partial charge on any atom is -0.457 e. The molecule has 0 spiro atoms. The van der Waals surface area contributed by atoms with E-state index in [0.29, 0.717) is 6.92 Å². The summed E-state index contributed by atoms with van der Waals surface area (Å²) in [5.74, 6) is 0.958. The molecule has 0 amide bonds. The molecule has 0 saturated carbocycles. The summed E-state index contributed by atoms with van der Waals surface area (Å²) in [6.07, 6.45) is 7.68. The quantitative estimate of drug-likeness (QED) is 0.357. The monoisotopic (exact) mass is 403 g/mol. The van der Waals surface area contributed by atoms with Crippen LogP contribution in [-0.4, -0.2) is 38.7 Å². The van der Waals surface area contributed by atoms with E-state index in [-0.39, 0.29) is 24.0 Å². The Labute approximate surface area is 163 Å². The van der Waals surface area contributed by atoms with Crippen molar-refractivity contribution >= 4 is 17.6 Å². The maximum Gasteiger partial charge on any atom is 0.316 e. The smallest absolute Gasteiger partial charge is 0.316 e. The maximum atomic E-state index is 13.5. The molecule has 0 unspecified atom stereocenters. The fourth-order valence-corrected chi connectivity index (χ4v) is 2.27. The van der Waals surface area contributed by atoms with E-state index in [1.807, 2.05) is 0 Å². The van der Waals surface area contributed by atoms with E-state index < -0.39 is 17.3 Å². The second-order valence-electron chi connectivity index (χ2n) is 5.96. The molecule has 0 atom stereocenters. The number of aromatic amines is 1. The second-order valence-corrected chi connectivity index (χ2v) is 5.96. The number of ether oxygens (including phenoxy) is 1. The standard InChI is InChI=1S/C18H16F3N7O/c1-18(20,21)15-4-13(2-3-16(15)19)23-9-14(28-22)10-29-17-24-5-11(6-25-17)12-7-26-27-8-12/h2-9H,10,22H2,1H3,(H,26,27). The first-order chi connectivity index (χ1) is 13.9. The Balaban J connectivity index is 1.64. The largest absolute Gasteiger partial charge is 0.457 e. The number of nitrogens with zero attached hydrogens (tertiary/aromatic N) is 5. The van der Waals surface area contributed by atoms with Gasteiger partial charge >= 0.3 is 6.01 Å². The molecule has 2 aromatic heterocycles. The number of nitrogens with two attached hydrogens (primary N) is 1. The molecular formula is C18H16F3N7O. The van der Waals surface area contributed by atoms with Gasteiger partial charge in [-0.05, 0) is 18.2 Å². The van der Waals surface area contributed by atoms with Gasteiger partial charge in [-0.25, -0.2) is 23.1 Å². The topological polar surface area (TPSA) is 114 Å². The zero-order valence-corrected chi connectivity index (χ0v) is 15.2. The number of halogens is 3. The summed E-state index contributed by atoms with van der Waals surface area (Å²) in [7, 11) is 0. The number of benzene rings is 1. The van der Waals surface area contributed by atoms with E-state index >= 15 is 0 Å². The number of aliphatic imine (C=N–C) groups is 1. The van der Waals surface area contributed by atoms with Crippen molar-refractivity contribution in [2.75, 3.05) is 6.61 Å². The third kappa shape index (κ3) is 5.15. The third-order valence-electron chi connectivity index (χ3n) is 3.76. The van der Waals surface area contributed by atoms with Gasteiger partial charge in [-0.15, -0.1) is 0 Å². The first-order valence-electron chi connectivity index (χ1n) is 8.29. The van der Waals surface area contributed by atoms with E-state index in [2.05, 4.69) is 30.3 Å². The van der Waals surface area contributed by atoms with Gasteiger partial charge in [0, 0.05) is 36.6 Å². The van der Waals surface area contributed by atoms with Gasteiger partial charge in [0.25, 0.3) is 5.92 Å². The molecule has 3 rings (SSSR count). The normalized spacial score (nSPS) is 12.5. The number of H-pyrrole nitrogens is 1. The van der Waals surface area contributed by atoms with Crippen molar-refractivity contribution in [1.29, 1.82) is 0 Å². The molecule has 0 aliphatic carbocycles. The number of alkyl halides is 2. The van der Waals surface area contributed by atoms with Gasteiger partial charge in [-0.3, -0.25) is 10.1 Å². The van der Waals surface area contributed by atoms with Crippen molar-refractivity contribution in [2.45, 2.75) is 12.8 Å². The summed E-state index contributed by atoms with van der Waals surface area (Å²) in [5, 5.41) is 10.0. The molecular weight excluding hydrogens is 387 g/mol. The van der Waals surface area contributed by atoms with Crippen molar-refractivity contribution in [3.63, 3.8) is 0 Å². The van der Waals surface area contributed by atoms with Crippen molar-refractivity contribution in [3.8, 4) is 17.1 Å². The predicted molar refractivity (Wildman–Crippen MR) is 101 cm³/mol. The number of hydrogen-bond acceptors (Lipinski definition) is 7. The summed E-state index contributed by atoms with van der Waals surface area (Å²) in [5.41, 5.74) is 1.14. The first kappa shape index (κ1) is 20.0. The van der Waals surface area contributed by atoms with Crippen molar-refractivity contribution in [1.82, 2.24) is 20.2 Å². The first-order valence-corrected chi connectivity index (χ1v) is 8.29. The SMILES string of the molecule is CC(F)(F)c1cc(N=CC(COc2ncc(-c3cn[nH]c3)cn2)=NN)ccc1F. The predicted octanol–water partition coefficient (Wildman–Crippen LogP) is 3.21. The Bertz CT molecular complexity index is 1010. The van der Waals surface area contributed by atoms with E-state index in [0.717, 1.165) is 23.3 Å². The highest BCUT2D eigenvalue weighted by Gasteiger charge is 2.28. The Morgan fingerprint density at radius 3 is 2.62 bits per heavy atom. The average molecular weight is 403 g/mol. The van der Waals surface area contributed by atoms with E-state index in [9.17, 15) is 13.2 Å². The highest BCUT2D eigenvalue weighted by atomic mass is 19.3. The lowest BCUT2D eigenvalue weighted by Gasteiger charge is -2.11. The fourth-order valence-electron chi connectivity index (χ4n) is 2.27. The summed E-state index contributed by atoms with van der Waals surface area (Å²) >= 11 is 0. The van der Waals surface area contributed by atoms with Crippen LogP contribution in [0.1, 0.15) is 12.5 Å². The zero-order chi connectivity index (χ0) is 20.9. The highest BCUT2D eigenvalue weighted by Crippen LogP contribution is 2.31. The molecule has 3 aromatic rings. The number of rotatable bonds is 7. The number of aromatic nitrogens is 4. The van der Waals surface area contributed by atoms with Crippen LogP contribution in [0, 0.1) is 5.82 Å². The molecule has 0 radical (unpaired) electrons. The van der Waals surface area contributed by atoms with Crippen LogP contribution in [0.25, 0.3) is 11.1 Å². The molecule has 2 heterocycles. The highest BCUT2D eigenvalue weighted by molar-refractivity contribution is 6.31. The average Bonchev–Trinajstić information content (AvgIpc) is 3.23. The fraction of sp³-hybridized carbons (Fsp3) is 0.167. The van der Waals surface area contributed by atoms with Crippen LogP contribution in [0.4, 0.5) is 18.9 Å². The summed E-state index contributed by atoms with van der Waals surface area (Å²) < 4.78 is 45.8. The summed E-state index contributed by atoms with van der Waals surface area (Å²) in [6.45, 7) is 0.500. The molecule has 3 N–H and O–H groups in total. The Morgan fingerprint density at radius 2 is 2.00 bits per heavy atom. The molecule has 0 aliphatic rings. The zero-order valence-electron chi connectivity index (χ0n) is 15.2. The number of nitrogens with one attached hydrogen (secondary N) is 1. The summed E-state index contributed by atoms with van der Waals surface area (Å²) in [6, 6.07) is 3.22. The van der Waals surface area contributed by atoms with Crippen molar-refractivity contribution in [2.24, 2.45) is 15.9 Å². The lowest BCUT2D eigenvalue weighted by atomic mass is 10.1. The molecule has 0 aliphatic heterocycles. The maximum absolute atomic E-state index is 13.5. The number of hydrazone groups is 1. The van der Waals surface area contributed by atoms with Crippen LogP contribution in [0.3, 0.4) is 0 Å². The Kier molecular flexibility index (Phi) is 5.86. The molecule has 0 bridgehead atoms. The van der Waals surface area contributed by atoms with Crippen LogP contribution >= 0.6 is 0 Å².